The van der Waals surface area contributed by atoms with Crippen molar-refractivity contribution in [1.29, 1.82) is 0 Å². The molecule has 0 saturated heterocycles. The number of aliphatic hydroxyl groups excluding tert-OH is 1. The second kappa shape index (κ2) is 12.4. The smallest absolute Gasteiger partial charge is 0.323 e. The molecule has 0 aromatic heterocycles. The van der Waals surface area contributed by atoms with Gasteiger partial charge in [0, 0.05) is 31.2 Å². The highest BCUT2D eigenvalue weighted by atomic mass is 16.5. The van der Waals surface area contributed by atoms with E-state index in [1.807, 2.05) is 39.0 Å². The van der Waals surface area contributed by atoms with E-state index in [4.69, 9.17) is 4.74 Å². The fourth-order valence-electron chi connectivity index (χ4n) is 4.08. The van der Waals surface area contributed by atoms with E-state index in [2.05, 4.69) is 16.0 Å². The standard InChI is InChI=1S/C27H37N5O5/c1-17(2)28-27(36)31(5)15-23-18(3)14-32(19(4)16-33)25(34)21-12-9-13-22(24(21)37-23)30-26(35)29-20-10-7-6-8-11-20/h6-13,17-19,23,33H,14-16H2,1-5H3,(H,28,36)(H2,29,30,35)/t18-,19+,23+/m0/s1. The maximum atomic E-state index is 13.6. The van der Waals surface area contributed by atoms with Crippen LogP contribution in [-0.4, -0.2) is 77.8 Å². The van der Waals surface area contributed by atoms with Crippen molar-refractivity contribution in [2.45, 2.75) is 45.9 Å². The molecule has 1 aliphatic heterocycles. The number of urea groups is 2. The van der Waals surface area contributed by atoms with Gasteiger partial charge in [0.2, 0.25) is 0 Å². The van der Waals surface area contributed by atoms with Crippen LogP contribution in [0, 0.1) is 5.92 Å². The normalized spacial score (nSPS) is 18.1. The average Bonchev–Trinajstić information content (AvgIpc) is 2.86. The van der Waals surface area contributed by atoms with Crippen molar-refractivity contribution < 1.29 is 24.2 Å². The molecule has 10 heteroatoms. The zero-order valence-electron chi connectivity index (χ0n) is 22.0. The van der Waals surface area contributed by atoms with Crippen molar-refractivity contribution in [2.24, 2.45) is 5.92 Å². The van der Waals surface area contributed by atoms with Crippen LogP contribution in [0.4, 0.5) is 21.0 Å². The fourth-order valence-corrected chi connectivity index (χ4v) is 4.08. The summed E-state index contributed by atoms with van der Waals surface area (Å²) < 4.78 is 6.42. The molecule has 4 N–H and O–H groups in total. The second-order valence-electron chi connectivity index (χ2n) is 9.73. The van der Waals surface area contributed by atoms with Gasteiger partial charge in [0.05, 0.1) is 30.4 Å². The molecule has 0 spiro atoms. The first-order valence-corrected chi connectivity index (χ1v) is 12.5. The Morgan fingerprint density at radius 3 is 2.46 bits per heavy atom. The van der Waals surface area contributed by atoms with Crippen molar-refractivity contribution in [3.05, 3.63) is 54.1 Å². The molecule has 5 amide bonds. The Morgan fingerprint density at radius 2 is 1.81 bits per heavy atom. The highest BCUT2D eigenvalue weighted by Crippen LogP contribution is 2.35. The van der Waals surface area contributed by atoms with E-state index < -0.39 is 18.2 Å². The minimum absolute atomic E-state index is 0.0243. The van der Waals surface area contributed by atoms with Crippen LogP contribution in [0.2, 0.25) is 0 Å². The summed E-state index contributed by atoms with van der Waals surface area (Å²) in [7, 11) is 1.68. The number of ether oxygens (including phenoxy) is 1. The van der Waals surface area contributed by atoms with Crippen molar-refractivity contribution in [1.82, 2.24) is 15.1 Å². The van der Waals surface area contributed by atoms with Gasteiger partial charge in [-0.15, -0.1) is 0 Å². The molecule has 3 atom stereocenters. The lowest BCUT2D eigenvalue weighted by molar-refractivity contribution is 0.0368. The highest BCUT2D eigenvalue weighted by molar-refractivity contribution is 6.04. The summed E-state index contributed by atoms with van der Waals surface area (Å²) in [5, 5.41) is 18.3. The van der Waals surface area contributed by atoms with Crippen LogP contribution in [0.3, 0.4) is 0 Å². The number of hydrogen-bond acceptors (Lipinski definition) is 5. The van der Waals surface area contributed by atoms with E-state index in [9.17, 15) is 19.5 Å². The van der Waals surface area contributed by atoms with Gasteiger partial charge in [-0.1, -0.05) is 31.2 Å². The summed E-state index contributed by atoms with van der Waals surface area (Å²) in [6, 6.07) is 12.8. The molecular formula is C27H37N5O5. The first-order chi connectivity index (χ1) is 17.6. The van der Waals surface area contributed by atoms with E-state index in [1.54, 1.807) is 54.1 Å². The van der Waals surface area contributed by atoms with Crippen LogP contribution in [0.15, 0.2) is 48.5 Å². The van der Waals surface area contributed by atoms with Gasteiger partial charge in [0.1, 0.15) is 6.10 Å². The summed E-state index contributed by atoms with van der Waals surface area (Å²) in [6.07, 6.45) is -0.497. The van der Waals surface area contributed by atoms with E-state index in [0.717, 1.165) is 0 Å². The molecule has 0 saturated carbocycles. The Balaban J connectivity index is 1.95. The molecule has 3 rings (SSSR count). The number of benzene rings is 2. The summed E-state index contributed by atoms with van der Waals surface area (Å²) in [5.41, 5.74) is 1.20. The number of para-hydroxylation sites is 2. The minimum atomic E-state index is -0.497. The summed E-state index contributed by atoms with van der Waals surface area (Å²) in [5.74, 6) is -0.272. The van der Waals surface area contributed by atoms with Crippen LogP contribution in [0.1, 0.15) is 38.1 Å². The molecule has 1 aliphatic rings. The maximum absolute atomic E-state index is 13.6. The van der Waals surface area contributed by atoms with Crippen molar-refractivity contribution in [3.63, 3.8) is 0 Å². The van der Waals surface area contributed by atoms with Crippen molar-refractivity contribution >= 4 is 29.3 Å². The topological polar surface area (TPSA) is 123 Å². The number of anilines is 2. The van der Waals surface area contributed by atoms with Gasteiger partial charge >= 0.3 is 12.1 Å². The molecule has 0 aliphatic carbocycles. The summed E-state index contributed by atoms with van der Waals surface area (Å²) in [4.78, 5) is 42.1. The van der Waals surface area contributed by atoms with E-state index in [-0.39, 0.29) is 48.4 Å². The van der Waals surface area contributed by atoms with E-state index in [1.165, 1.54) is 0 Å². The van der Waals surface area contributed by atoms with Gasteiger partial charge in [0.15, 0.2) is 5.75 Å². The lowest BCUT2D eigenvalue weighted by atomic mass is 9.99. The second-order valence-corrected chi connectivity index (χ2v) is 9.73. The molecule has 0 fully saturated rings. The molecule has 2 aromatic rings. The van der Waals surface area contributed by atoms with Crippen LogP contribution >= 0.6 is 0 Å². The SMILES string of the molecule is CC(C)NC(=O)N(C)C[C@H]1Oc2c(NC(=O)Nc3ccccc3)cccc2C(=O)N([C@H](C)CO)C[C@@H]1C. The van der Waals surface area contributed by atoms with Gasteiger partial charge in [-0.2, -0.15) is 0 Å². The number of rotatable bonds is 7. The van der Waals surface area contributed by atoms with Gasteiger partial charge in [-0.25, -0.2) is 9.59 Å². The van der Waals surface area contributed by atoms with Crippen molar-refractivity contribution in [2.75, 3.05) is 37.4 Å². The molecule has 0 bridgehead atoms. The van der Waals surface area contributed by atoms with E-state index >= 15 is 0 Å². The Hall–Kier alpha value is -3.79. The fraction of sp³-hybridized carbons (Fsp3) is 0.444. The third-order valence-corrected chi connectivity index (χ3v) is 6.18. The quantitative estimate of drug-likeness (QED) is 0.452. The number of amides is 5. The third kappa shape index (κ3) is 7.13. The molecule has 0 radical (unpaired) electrons. The average molecular weight is 512 g/mol. The molecule has 0 unspecified atom stereocenters. The largest absolute Gasteiger partial charge is 0.485 e. The van der Waals surface area contributed by atoms with Crippen LogP contribution in [0.25, 0.3) is 0 Å². The molecule has 37 heavy (non-hydrogen) atoms. The third-order valence-electron chi connectivity index (χ3n) is 6.18. The predicted octanol–water partition coefficient (Wildman–Crippen LogP) is 3.60. The number of carbonyl (C=O) groups excluding carboxylic acids is 3. The van der Waals surface area contributed by atoms with Crippen molar-refractivity contribution in [3.8, 4) is 5.75 Å². The Kier molecular flexibility index (Phi) is 9.35. The monoisotopic (exact) mass is 511 g/mol. The molecule has 2 aromatic carbocycles. The first-order valence-electron chi connectivity index (χ1n) is 12.5. The Morgan fingerprint density at radius 1 is 1.11 bits per heavy atom. The lowest BCUT2D eigenvalue weighted by Gasteiger charge is -2.38. The molecule has 10 nitrogen and oxygen atoms in total. The number of fused-ring (bicyclic) bond motifs is 1. The maximum Gasteiger partial charge on any atom is 0.323 e. The van der Waals surface area contributed by atoms with Crippen LogP contribution in [0.5, 0.6) is 5.75 Å². The van der Waals surface area contributed by atoms with Gasteiger partial charge in [-0.3, -0.25) is 4.79 Å². The molecule has 200 valence electrons. The number of nitrogens with one attached hydrogen (secondary N) is 3. The number of nitrogens with zero attached hydrogens (tertiary/aromatic N) is 2. The molecule has 1 heterocycles. The Bertz CT molecular complexity index is 1090. The minimum Gasteiger partial charge on any atom is -0.485 e. The van der Waals surface area contributed by atoms with Crippen LogP contribution in [-0.2, 0) is 0 Å². The zero-order chi connectivity index (χ0) is 27.1. The highest BCUT2D eigenvalue weighted by Gasteiger charge is 2.35. The van der Waals surface area contributed by atoms with Gasteiger partial charge in [0.25, 0.3) is 5.91 Å². The predicted molar refractivity (Wildman–Crippen MR) is 143 cm³/mol. The van der Waals surface area contributed by atoms with Gasteiger partial charge in [-0.05, 0) is 45.0 Å². The first kappa shape index (κ1) is 27.8. The lowest BCUT2D eigenvalue weighted by Crippen LogP contribution is -2.51. The number of hydrogen-bond donors (Lipinski definition) is 4. The van der Waals surface area contributed by atoms with Gasteiger partial charge < -0.3 is 35.6 Å². The number of carbonyl (C=O) groups is 3. The summed E-state index contributed by atoms with van der Waals surface area (Å²) >= 11 is 0. The molecular weight excluding hydrogens is 474 g/mol. The number of aliphatic hydroxyl groups is 1. The zero-order valence-corrected chi connectivity index (χ0v) is 22.0. The Labute approximate surface area is 218 Å². The van der Waals surface area contributed by atoms with E-state index in [0.29, 0.717) is 17.9 Å². The van der Waals surface area contributed by atoms with Crippen LogP contribution < -0.4 is 20.7 Å². The number of likely N-dealkylation sites (N-methyl/N-ethyl adjacent to an activating group) is 1. The summed E-state index contributed by atoms with van der Waals surface area (Å²) in [6.45, 7) is 7.86.